The van der Waals surface area contributed by atoms with Gasteiger partial charge in [-0.15, -0.1) is 0 Å². The van der Waals surface area contributed by atoms with Crippen LogP contribution in [0.1, 0.15) is 47.0 Å². The van der Waals surface area contributed by atoms with Crippen LogP contribution in [0.2, 0.25) is 0 Å². The number of rotatable bonds is 41. The van der Waals surface area contributed by atoms with Crippen LogP contribution in [0.25, 0.3) is 10.9 Å². The van der Waals surface area contributed by atoms with Gasteiger partial charge in [0.1, 0.15) is 24.0 Å². The maximum absolute atomic E-state index is 12.3. The van der Waals surface area contributed by atoms with Gasteiger partial charge >= 0.3 is 5.97 Å². The predicted molar refractivity (Wildman–Crippen MR) is 221 cm³/mol. The highest BCUT2D eigenvalue weighted by Crippen LogP contribution is 2.23. The number of carbonyl (C=O) groups is 1. The monoisotopic (exact) mass is 843 g/mol. The average Bonchev–Trinajstić information content (AvgIpc) is 3.21. The third-order valence-electron chi connectivity index (χ3n) is 8.28. The molecule has 0 fully saturated rings. The van der Waals surface area contributed by atoms with Crippen LogP contribution in [0.4, 0.5) is 0 Å². The Morgan fingerprint density at radius 3 is 1.41 bits per heavy atom. The molecule has 2 rings (SSSR count). The van der Waals surface area contributed by atoms with Crippen LogP contribution in [0.5, 0.6) is 5.75 Å². The minimum absolute atomic E-state index is 0.110. The van der Waals surface area contributed by atoms with Crippen molar-refractivity contribution in [3.05, 3.63) is 36.5 Å². The summed E-state index contributed by atoms with van der Waals surface area (Å²) in [5.41, 5.74) is 0.762. The number of hydrogen-bond acceptors (Lipinski definition) is 16. The van der Waals surface area contributed by atoms with Crippen LogP contribution in [0.15, 0.2) is 36.5 Å². The molecule has 0 amide bonds. The first kappa shape index (κ1) is 52.6. The smallest absolute Gasteiger partial charge is 0.309 e. The fourth-order valence-corrected chi connectivity index (χ4v) is 5.45. The maximum atomic E-state index is 12.3. The van der Waals surface area contributed by atoms with Crippen molar-refractivity contribution in [3.8, 4) is 5.75 Å². The van der Waals surface area contributed by atoms with Crippen molar-refractivity contribution in [1.82, 2.24) is 4.98 Å². The molecule has 16 heteroatoms. The number of pyridine rings is 1. The lowest BCUT2D eigenvalue weighted by Gasteiger charge is -2.20. The van der Waals surface area contributed by atoms with Gasteiger partial charge in [-0.1, -0.05) is 32.0 Å². The summed E-state index contributed by atoms with van der Waals surface area (Å²) in [5.74, 6) is 0.600. The lowest BCUT2D eigenvalue weighted by Crippen LogP contribution is -2.25. The first-order valence-electron chi connectivity index (χ1n) is 21.1. The summed E-state index contributed by atoms with van der Waals surface area (Å²) in [6.07, 6.45) is 1.96. The highest BCUT2D eigenvalue weighted by molar-refractivity contribution is 5.84. The number of aliphatic hydroxyl groups is 2. The Hall–Kier alpha value is -2.58. The molecule has 16 nitrogen and oxygen atoms in total. The number of carbonyl (C=O) groups excluding carboxylic acids is 1. The molecule has 0 aliphatic heterocycles. The van der Waals surface area contributed by atoms with E-state index in [2.05, 4.69) is 18.8 Å². The van der Waals surface area contributed by atoms with Crippen molar-refractivity contribution < 1.29 is 71.8 Å². The van der Waals surface area contributed by atoms with Crippen LogP contribution < -0.4 is 4.74 Å². The van der Waals surface area contributed by atoms with E-state index >= 15 is 0 Å². The fourth-order valence-electron chi connectivity index (χ4n) is 5.45. The van der Waals surface area contributed by atoms with Gasteiger partial charge in [-0.3, -0.25) is 9.78 Å². The predicted octanol–water partition coefficient (Wildman–Crippen LogP) is 3.90. The molecule has 0 bridgehead atoms. The molecule has 1 aromatic carbocycles. The zero-order valence-corrected chi connectivity index (χ0v) is 36.0. The van der Waals surface area contributed by atoms with E-state index in [1.54, 1.807) is 6.20 Å². The zero-order valence-electron chi connectivity index (χ0n) is 36.0. The second-order valence-electron chi connectivity index (χ2n) is 14.4. The number of fused-ring (bicyclic) bond motifs is 1. The lowest BCUT2D eigenvalue weighted by molar-refractivity contribution is -0.153. The minimum atomic E-state index is -0.761. The molecule has 0 aliphatic rings. The second kappa shape index (κ2) is 36.1. The van der Waals surface area contributed by atoms with Gasteiger partial charge in [0.05, 0.1) is 150 Å². The van der Waals surface area contributed by atoms with Crippen molar-refractivity contribution in [2.45, 2.75) is 65.3 Å². The van der Waals surface area contributed by atoms with Gasteiger partial charge in [0.2, 0.25) is 0 Å². The summed E-state index contributed by atoms with van der Waals surface area (Å²) < 4.78 is 66.1. The van der Waals surface area contributed by atoms with E-state index in [-0.39, 0.29) is 37.8 Å². The molecule has 2 aromatic rings. The number of aromatic nitrogens is 1. The molecule has 2 N–H and O–H groups in total. The van der Waals surface area contributed by atoms with E-state index in [1.165, 1.54) is 0 Å². The van der Waals surface area contributed by atoms with Crippen LogP contribution in [0.3, 0.4) is 0 Å². The highest BCUT2D eigenvalue weighted by Gasteiger charge is 2.23. The van der Waals surface area contributed by atoms with E-state index < -0.39 is 12.2 Å². The molecular formula is C43H73NO15. The summed E-state index contributed by atoms with van der Waals surface area (Å²) >= 11 is 0. The van der Waals surface area contributed by atoms with Gasteiger partial charge in [-0.2, -0.15) is 0 Å². The number of para-hydroxylation sites is 1. The Labute approximate surface area is 351 Å². The molecule has 0 saturated carbocycles. The molecule has 1 heterocycles. The van der Waals surface area contributed by atoms with Gasteiger partial charge in [0.25, 0.3) is 0 Å². The Bertz CT molecular complexity index is 1270. The molecule has 59 heavy (non-hydrogen) atoms. The third-order valence-corrected chi connectivity index (χ3v) is 8.28. The SMILES string of the molecule is CC(C)CC(CCC(O)COCCOCCOCCOCCOCCOCCOCCOCCOCCOCC(O)COc1cccc2cccnc12)C(=O)OC(C)C. The topological polar surface area (TPSA) is 181 Å². The van der Waals surface area contributed by atoms with E-state index in [0.29, 0.717) is 143 Å². The molecular weight excluding hydrogens is 770 g/mol. The van der Waals surface area contributed by atoms with Gasteiger partial charge in [-0.25, -0.2) is 0 Å². The van der Waals surface area contributed by atoms with Crippen molar-refractivity contribution in [2.75, 3.05) is 139 Å². The van der Waals surface area contributed by atoms with E-state index in [4.69, 9.17) is 56.8 Å². The second-order valence-corrected chi connectivity index (χ2v) is 14.4. The van der Waals surface area contributed by atoms with Gasteiger partial charge < -0.3 is 67.1 Å². The van der Waals surface area contributed by atoms with Crippen LogP contribution in [-0.4, -0.2) is 178 Å². The normalized spacial score (nSPS) is 13.4. The first-order chi connectivity index (χ1) is 28.8. The Morgan fingerprint density at radius 1 is 0.542 bits per heavy atom. The Balaban J connectivity index is 1.22. The van der Waals surface area contributed by atoms with Gasteiger partial charge in [0, 0.05) is 11.6 Å². The number of nitrogens with zero attached hydrogens (tertiary/aromatic N) is 1. The molecule has 0 spiro atoms. The van der Waals surface area contributed by atoms with Crippen molar-refractivity contribution in [3.63, 3.8) is 0 Å². The number of aliphatic hydroxyl groups excluding tert-OH is 2. The quantitative estimate of drug-likeness (QED) is 0.0726. The van der Waals surface area contributed by atoms with Crippen LogP contribution in [0, 0.1) is 11.8 Å². The summed E-state index contributed by atoms with van der Waals surface area (Å²) in [7, 11) is 0. The Morgan fingerprint density at radius 2 is 0.966 bits per heavy atom. The first-order valence-corrected chi connectivity index (χ1v) is 21.1. The minimum Gasteiger partial charge on any atom is -0.489 e. The van der Waals surface area contributed by atoms with E-state index in [9.17, 15) is 15.0 Å². The molecule has 0 saturated heterocycles. The molecule has 3 atom stereocenters. The number of esters is 1. The number of benzene rings is 1. The maximum Gasteiger partial charge on any atom is 0.309 e. The Kier molecular flexibility index (Phi) is 32.2. The summed E-state index contributed by atoms with van der Waals surface area (Å²) in [6, 6.07) is 9.53. The van der Waals surface area contributed by atoms with Gasteiger partial charge in [-0.05, 0) is 51.2 Å². The largest absolute Gasteiger partial charge is 0.489 e. The molecule has 3 unspecified atom stereocenters. The molecule has 340 valence electrons. The summed E-state index contributed by atoms with van der Waals surface area (Å²) in [6.45, 7) is 16.3. The molecule has 0 radical (unpaired) electrons. The zero-order chi connectivity index (χ0) is 42.6. The third kappa shape index (κ3) is 29.3. The lowest BCUT2D eigenvalue weighted by atomic mass is 9.92. The standard InChI is InChI=1S/C43H73NO15/c1-35(2)31-38(43(47)59-36(3)4)10-11-39(45)32-56-29-27-54-25-23-52-21-19-50-17-15-48-13-14-49-16-18-51-20-22-53-24-26-55-28-30-57-33-40(46)34-58-41-9-5-7-37-8-6-12-44-42(37)41/h5-9,12,35-36,38-40,45-46H,10-11,13-34H2,1-4H3. The van der Waals surface area contributed by atoms with Crippen LogP contribution >= 0.6 is 0 Å². The van der Waals surface area contributed by atoms with Gasteiger partial charge in [0.15, 0.2) is 0 Å². The molecule has 1 aromatic heterocycles. The van der Waals surface area contributed by atoms with Crippen molar-refractivity contribution in [2.24, 2.45) is 11.8 Å². The molecule has 0 aliphatic carbocycles. The summed E-state index contributed by atoms with van der Waals surface area (Å²) in [5, 5.41) is 21.4. The number of hydrogen-bond donors (Lipinski definition) is 2. The average molecular weight is 844 g/mol. The summed E-state index contributed by atoms with van der Waals surface area (Å²) in [4.78, 5) is 16.7. The van der Waals surface area contributed by atoms with E-state index in [0.717, 1.165) is 17.3 Å². The van der Waals surface area contributed by atoms with Crippen molar-refractivity contribution in [1.29, 1.82) is 0 Å². The van der Waals surface area contributed by atoms with E-state index in [1.807, 2.05) is 44.2 Å². The van der Waals surface area contributed by atoms with Crippen LogP contribution in [-0.2, 0) is 56.9 Å². The highest BCUT2D eigenvalue weighted by atomic mass is 16.6. The van der Waals surface area contributed by atoms with Crippen molar-refractivity contribution >= 4 is 16.9 Å². The number of ether oxygens (including phenoxy) is 12. The fraction of sp³-hybridized carbons (Fsp3) is 0.767.